The predicted octanol–water partition coefficient (Wildman–Crippen LogP) is 2.46. The van der Waals surface area contributed by atoms with Crippen LogP contribution in [0.15, 0.2) is 24.3 Å². The van der Waals surface area contributed by atoms with Gasteiger partial charge in [0, 0.05) is 18.7 Å². The summed E-state index contributed by atoms with van der Waals surface area (Å²) in [6.45, 7) is 6.61. The van der Waals surface area contributed by atoms with Gasteiger partial charge in [-0.05, 0) is 37.8 Å². The van der Waals surface area contributed by atoms with Crippen LogP contribution in [0.2, 0.25) is 0 Å². The number of aryl methyl sites for hydroxylation is 1. The summed E-state index contributed by atoms with van der Waals surface area (Å²) in [6, 6.07) is 6.49. The van der Waals surface area contributed by atoms with Crippen LogP contribution in [0.25, 0.3) is 0 Å². The van der Waals surface area contributed by atoms with E-state index in [9.17, 15) is 19.5 Å². The number of amides is 2. The number of likely N-dealkylation sites (tertiary alicyclic amines) is 1. The first-order chi connectivity index (χ1) is 12.3. The minimum Gasteiger partial charge on any atom is -0.480 e. The Balaban J connectivity index is 2.02. The van der Waals surface area contributed by atoms with Gasteiger partial charge in [-0.15, -0.1) is 0 Å². The maximum atomic E-state index is 12.7. The van der Waals surface area contributed by atoms with Crippen molar-refractivity contribution in [1.29, 1.82) is 0 Å². The molecule has 0 bridgehead atoms. The molecule has 1 fully saturated rings. The molecular weight excluding hydrogens is 332 g/mol. The van der Waals surface area contributed by atoms with Gasteiger partial charge in [-0.1, -0.05) is 38.0 Å². The molecule has 1 aliphatic rings. The highest BCUT2D eigenvalue weighted by Gasteiger charge is 2.32. The van der Waals surface area contributed by atoms with Gasteiger partial charge >= 0.3 is 5.97 Å². The highest BCUT2D eigenvalue weighted by Crippen LogP contribution is 2.20. The van der Waals surface area contributed by atoms with Gasteiger partial charge in [0.05, 0.1) is 5.92 Å². The lowest BCUT2D eigenvalue weighted by atomic mass is 9.94. The number of carboxylic acids is 1. The van der Waals surface area contributed by atoms with E-state index >= 15 is 0 Å². The van der Waals surface area contributed by atoms with Crippen LogP contribution in [0.5, 0.6) is 0 Å². The van der Waals surface area contributed by atoms with E-state index in [0.717, 1.165) is 12.0 Å². The quantitative estimate of drug-likeness (QED) is 0.816. The SMILES string of the molecule is CC[C@H](C)[C@H](NC(=O)C1CCCN(C(=O)c2ccc(C)cc2)C1)C(=O)O. The number of carbonyl (C=O) groups is 3. The van der Waals surface area contributed by atoms with Crippen molar-refractivity contribution in [2.45, 2.75) is 46.1 Å². The zero-order valence-electron chi connectivity index (χ0n) is 15.7. The molecular formula is C20H28N2O4. The number of nitrogens with one attached hydrogen (secondary N) is 1. The van der Waals surface area contributed by atoms with Gasteiger partial charge in [0.25, 0.3) is 5.91 Å². The summed E-state index contributed by atoms with van der Waals surface area (Å²) < 4.78 is 0. The Morgan fingerprint density at radius 1 is 1.27 bits per heavy atom. The molecule has 1 unspecified atom stereocenters. The maximum absolute atomic E-state index is 12.7. The van der Waals surface area contributed by atoms with Crippen LogP contribution < -0.4 is 5.32 Å². The molecule has 2 amide bonds. The summed E-state index contributed by atoms with van der Waals surface area (Å²) in [5.74, 6) is -1.90. The van der Waals surface area contributed by atoms with Crippen LogP contribution in [0, 0.1) is 18.8 Å². The Labute approximate surface area is 154 Å². The average molecular weight is 360 g/mol. The maximum Gasteiger partial charge on any atom is 0.326 e. The topological polar surface area (TPSA) is 86.7 Å². The molecule has 2 rings (SSSR count). The molecule has 6 nitrogen and oxygen atoms in total. The summed E-state index contributed by atoms with van der Waals surface area (Å²) in [5, 5.41) is 12.0. The van der Waals surface area contributed by atoms with Crippen molar-refractivity contribution in [2.75, 3.05) is 13.1 Å². The zero-order valence-corrected chi connectivity index (χ0v) is 15.7. The van der Waals surface area contributed by atoms with Gasteiger partial charge in [0.2, 0.25) is 5.91 Å². The van der Waals surface area contributed by atoms with Crippen molar-refractivity contribution in [2.24, 2.45) is 11.8 Å². The van der Waals surface area contributed by atoms with E-state index < -0.39 is 12.0 Å². The smallest absolute Gasteiger partial charge is 0.326 e. The first kappa shape index (κ1) is 19.9. The monoisotopic (exact) mass is 360 g/mol. The van der Waals surface area contributed by atoms with Gasteiger partial charge in [0.15, 0.2) is 0 Å². The van der Waals surface area contributed by atoms with Crippen molar-refractivity contribution in [3.8, 4) is 0 Å². The van der Waals surface area contributed by atoms with Crippen molar-refractivity contribution < 1.29 is 19.5 Å². The fraction of sp³-hybridized carbons (Fsp3) is 0.550. The average Bonchev–Trinajstić information content (AvgIpc) is 2.65. The minimum absolute atomic E-state index is 0.0841. The third-order valence-corrected chi connectivity index (χ3v) is 5.15. The highest BCUT2D eigenvalue weighted by atomic mass is 16.4. The first-order valence-corrected chi connectivity index (χ1v) is 9.22. The third kappa shape index (κ3) is 4.84. The summed E-state index contributed by atoms with van der Waals surface area (Å²) >= 11 is 0. The van der Waals surface area contributed by atoms with Crippen molar-refractivity contribution >= 4 is 17.8 Å². The highest BCUT2D eigenvalue weighted by molar-refractivity contribution is 5.95. The van der Waals surface area contributed by atoms with Crippen molar-refractivity contribution in [1.82, 2.24) is 10.2 Å². The van der Waals surface area contributed by atoms with E-state index in [1.807, 2.05) is 32.9 Å². The summed E-state index contributed by atoms with van der Waals surface area (Å²) in [5.41, 5.74) is 1.70. The Morgan fingerprint density at radius 2 is 1.92 bits per heavy atom. The second-order valence-electron chi connectivity index (χ2n) is 7.17. The van der Waals surface area contributed by atoms with Crippen LogP contribution in [-0.4, -0.2) is 46.9 Å². The Kier molecular flexibility index (Phi) is 6.77. The van der Waals surface area contributed by atoms with E-state index in [1.165, 1.54) is 0 Å². The molecule has 1 saturated heterocycles. The van der Waals surface area contributed by atoms with Crippen LogP contribution in [0.1, 0.15) is 49.0 Å². The van der Waals surface area contributed by atoms with Gasteiger partial charge in [-0.25, -0.2) is 4.79 Å². The van der Waals surface area contributed by atoms with E-state index in [-0.39, 0.29) is 23.7 Å². The number of rotatable bonds is 6. The van der Waals surface area contributed by atoms with E-state index in [1.54, 1.807) is 17.0 Å². The largest absolute Gasteiger partial charge is 0.480 e. The lowest BCUT2D eigenvalue weighted by molar-refractivity contribution is -0.144. The van der Waals surface area contributed by atoms with E-state index in [4.69, 9.17) is 0 Å². The van der Waals surface area contributed by atoms with Crippen LogP contribution in [0.4, 0.5) is 0 Å². The van der Waals surface area contributed by atoms with Gasteiger partial charge in [-0.2, -0.15) is 0 Å². The lowest BCUT2D eigenvalue weighted by Crippen LogP contribution is -2.51. The molecule has 142 valence electrons. The van der Waals surface area contributed by atoms with Crippen LogP contribution in [-0.2, 0) is 9.59 Å². The normalized spacial score (nSPS) is 19.5. The summed E-state index contributed by atoms with van der Waals surface area (Å²) in [4.78, 5) is 38.4. The van der Waals surface area contributed by atoms with Crippen LogP contribution in [0.3, 0.4) is 0 Å². The summed E-state index contributed by atoms with van der Waals surface area (Å²) in [7, 11) is 0. The number of hydrogen-bond acceptors (Lipinski definition) is 3. The molecule has 0 aromatic heterocycles. The molecule has 1 aliphatic heterocycles. The molecule has 0 aliphatic carbocycles. The fourth-order valence-corrected chi connectivity index (χ4v) is 3.21. The standard InChI is InChI=1S/C20H28N2O4/c1-4-14(3)17(20(25)26)21-18(23)16-6-5-11-22(12-16)19(24)15-9-7-13(2)8-10-15/h7-10,14,16-17H,4-6,11-12H2,1-3H3,(H,21,23)(H,25,26)/t14-,16?,17-/m0/s1. The van der Waals surface area contributed by atoms with Crippen molar-refractivity contribution in [3.05, 3.63) is 35.4 Å². The number of carboxylic acid groups (broad SMARTS) is 1. The molecule has 2 N–H and O–H groups in total. The molecule has 3 atom stereocenters. The van der Waals surface area contributed by atoms with E-state index in [0.29, 0.717) is 31.5 Å². The zero-order chi connectivity index (χ0) is 19.3. The number of nitrogens with zero attached hydrogens (tertiary/aromatic N) is 1. The number of aliphatic carboxylic acids is 1. The summed E-state index contributed by atoms with van der Waals surface area (Å²) in [6.07, 6.45) is 2.06. The number of carbonyl (C=O) groups excluding carboxylic acids is 2. The van der Waals surface area contributed by atoms with Gasteiger partial charge in [-0.3, -0.25) is 9.59 Å². The van der Waals surface area contributed by atoms with Gasteiger partial charge < -0.3 is 15.3 Å². The molecule has 0 spiro atoms. The lowest BCUT2D eigenvalue weighted by Gasteiger charge is -2.33. The molecule has 0 saturated carbocycles. The molecule has 1 heterocycles. The fourth-order valence-electron chi connectivity index (χ4n) is 3.21. The number of benzene rings is 1. The number of piperidine rings is 1. The first-order valence-electron chi connectivity index (χ1n) is 9.22. The minimum atomic E-state index is -1.02. The Morgan fingerprint density at radius 3 is 2.50 bits per heavy atom. The van der Waals surface area contributed by atoms with Crippen LogP contribution >= 0.6 is 0 Å². The Bertz CT molecular complexity index is 656. The molecule has 1 aromatic carbocycles. The van der Waals surface area contributed by atoms with E-state index in [2.05, 4.69) is 5.32 Å². The second-order valence-corrected chi connectivity index (χ2v) is 7.17. The molecule has 6 heteroatoms. The second kappa shape index (κ2) is 8.83. The Hall–Kier alpha value is -2.37. The molecule has 0 radical (unpaired) electrons. The number of hydrogen-bond donors (Lipinski definition) is 2. The predicted molar refractivity (Wildman–Crippen MR) is 98.8 cm³/mol. The van der Waals surface area contributed by atoms with Crippen molar-refractivity contribution in [3.63, 3.8) is 0 Å². The molecule has 26 heavy (non-hydrogen) atoms. The third-order valence-electron chi connectivity index (χ3n) is 5.15. The molecule has 1 aromatic rings. The van der Waals surface area contributed by atoms with Gasteiger partial charge in [0.1, 0.15) is 6.04 Å².